The maximum absolute atomic E-state index is 14.3. The number of hydrogen-bond acceptors (Lipinski definition) is 2. The highest BCUT2D eigenvalue weighted by atomic mass is 79.9. The van der Waals surface area contributed by atoms with Crippen molar-refractivity contribution in [3.63, 3.8) is 0 Å². The Bertz CT molecular complexity index is 590. The third-order valence-corrected chi connectivity index (χ3v) is 3.87. The zero-order valence-corrected chi connectivity index (χ0v) is 13.3. The topological polar surface area (TPSA) is 24.9 Å². The molecule has 0 aliphatic rings. The summed E-state index contributed by atoms with van der Waals surface area (Å²) in [5, 5.41) is 3.22. The number of hydrogen-bond donors (Lipinski definition) is 1. The van der Waals surface area contributed by atoms with Crippen molar-refractivity contribution < 1.29 is 8.78 Å². The van der Waals surface area contributed by atoms with Crippen molar-refractivity contribution in [1.82, 2.24) is 10.3 Å². The van der Waals surface area contributed by atoms with Gasteiger partial charge in [-0.2, -0.15) is 0 Å². The monoisotopic (exact) mass is 354 g/mol. The van der Waals surface area contributed by atoms with Crippen LogP contribution in [-0.2, 0) is 6.42 Å². The molecule has 2 nitrogen and oxygen atoms in total. The number of pyridine rings is 1. The van der Waals surface area contributed by atoms with E-state index in [2.05, 4.69) is 26.2 Å². The van der Waals surface area contributed by atoms with Gasteiger partial charge in [0, 0.05) is 24.0 Å². The summed E-state index contributed by atoms with van der Waals surface area (Å²) in [5.74, 6) is -1.07. The predicted octanol–water partition coefficient (Wildman–Crippen LogP) is 4.41. The van der Waals surface area contributed by atoms with Gasteiger partial charge in [0.15, 0.2) is 0 Å². The van der Waals surface area contributed by atoms with Crippen LogP contribution in [0.5, 0.6) is 0 Å². The van der Waals surface area contributed by atoms with Gasteiger partial charge in [-0.25, -0.2) is 8.78 Å². The first-order chi connectivity index (χ1) is 10.1. The molecule has 0 aliphatic heterocycles. The molecule has 21 heavy (non-hydrogen) atoms. The lowest BCUT2D eigenvalue weighted by atomic mass is 9.98. The molecular weight excluding hydrogens is 338 g/mol. The molecule has 0 saturated heterocycles. The van der Waals surface area contributed by atoms with Crippen molar-refractivity contribution in [2.45, 2.75) is 25.8 Å². The van der Waals surface area contributed by atoms with Crippen LogP contribution in [0.2, 0.25) is 0 Å². The van der Waals surface area contributed by atoms with Gasteiger partial charge in [-0.1, -0.05) is 6.92 Å². The lowest BCUT2D eigenvalue weighted by Gasteiger charge is -2.21. The molecule has 1 aromatic heterocycles. The third kappa shape index (κ3) is 4.08. The van der Waals surface area contributed by atoms with Crippen molar-refractivity contribution in [3.05, 3.63) is 63.9 Å². The van der Waals surface area contributed by atoms with Gasteiger partial charge in [0.1, 0.15) is 11.6 Å². The summed E-state index contributed by atoms with van der Waals surface area (Å²) in [5.41, 5.74) is 1.06. The molecule has 2 aromatic rings. The molecule has 1 aromatic carbocycles. The number of rotatable bonds is 6. The van der Waals surface area contributed by atoms with Crippen LogP contribution in [0.3, 0.4) is 0 Å². The molecule has 0 amide bonds. The quantitative estimate of drug-likeness (QED) is 0.777. The van der Waals surface area contributed by atoms with Crippen molar-refractivity contribution in [2.75, 3.05) is 6.54 Å². The average molecular weight is 355 g/mol. The fourth-order valence-electron chi connectivity index (χ4n) is 2.21. The number of benzene rings is 1. The second kappa shape index (κ2) is 7.61. The van der Waals surface area contributed by atoms with Gasteiger partial charge in [0.2, 0.25) is 0 Å². The molecule has 0 fully saturated rings. The Hall–Kier alpha value is -1.33. The smallest absolute Gasteiger partial charge is 0.145 e. The molecule has 0 radical (unpaired) electrons. The predicted molar refractivity (Wildman–Crippen MR) is 83.0 cm³/mol. The highest BCUT2D eigenvalue weighted by Crippen LogP contribution is 2.28. The molecule has 112 valence electrons. The van der Waals surface area contributed by atoms with Gasteiger partial charge < -0.3 is 5.32 Å². The molecule has 1 atom stereocenters. The summed E-state index contributed by atoms with van der Waals surface area (Å²) in [6.45, 7) is 2.71. The first kappa shape index (κ1) is 16.0. The van der Waals surface area contributed by atoms with Crippen LogP contribution < -0.4 is 5.32 Å². The van der Waals surface area contributed by atoms with E-state index < -0.39 is 17.7 Å². The molecular formula is C16H17BrF2N2. The third-order valence-electron chi connectivity index (χ3n) is 3.26. The maximum atomic E-state index is 14.3. The highest BCUT2D eigenvalue weighted by Gasteiger charge is 2.22. The Labute approximate surface area is 131 Å². The summed E-state index contributed by atoms with van der Waals surface area (Å²) in [6.07, 6.45) is 4.76. The van der Waals surface area contributed by atoms with Gasteiger partial charge in [0.25, 0.3) is 0 Å². The zero-order chi connectivity index (χ0) is 15.2. The molecule has 5 heteroatoms. The number of nitrogens with zero attached hydrogens (tertiary/aromatic N) is 1. The Balaban J connectivity index is 2.34. The molecule has 0 bridgehead atoms. The Morgan fingerprint density at radius 2 is 1.90 bits per heavy atom. The second-order valence-electron chi connectivity index (χ2n) is 4.82. The van der Waals surface area contributed by atoms with E-state index in [1.807, 2.05) is 19.1 Å². The van der Waals surface area contributed by atoms with E-state index in [-0.39, 0.29) is 10.0 Å². The van der Waals surface area contributed by atoms with Crippen LogP contribution in [0.4, 0.5) is 8.78 Å². The summed E-state index contributed by atoms with van der Waals surface area (Å²) in [7, 11) is 0. The second-order valence-corrected chi connectivity index (χ2v) is 5.68. The lowest BCUT2D eigenvalue weighted by Crippen LogP contribution is -2.26. The van der Waals surface area contributed by atoms with E-state index in [1.54, 1.807) is 12.4 Å². The van der Waals surface area contributed by atoms with E-state index in [0.717, 1.165) is 12.0 Å². The van der Waals surface area contributed by atoms with E-state index >= 15 is 0 Å². The zero-order valence-electron chi connectivity index (χ0n) is 11.7. The number of aromatic nitrogens is 1. The van der Waals surface area contributed by atoms with Gasteiger partial charge in [-0.05, 0) is 65.1 Å². The molecule has 0 saturated carbocycles. The molecule has 1 unspecified atom stereocenters. The van der Waals surface area contributed by atoms with Crippen molar-refractivity contribution >= 4 is 15.9 Å². The molecule has 2 rings (SSSR count). The van der Waals surface area contributed by atoms with Crippen LogP contribution in [0.25, 0.3) is 0 Å². The van der Waals surface area contributed by atoms with Gasteiger partial charge in [0.05, 0.1) is 4.47 Å². The van der Waals surface area contributed by atoms with Gasteiger partial charge in [-0.3, -0.25) is 4.98 Å². The maximum Gasteiger partial charge on any atom is 0.145 e. The Kier molecular flexibility index (Phi) is 5.82. The van der Waals surface area contributed by atoms with Crippen LogP contribution >= 0.6 is 15.9 Å². The van der Waals surface area contributed by atoms with Crippen LogP contribution in [0, 0.1) is 11.6 Å². The van der Waals surface area contributed by atoms with Crippen LogP contribution in [0.15, 0.2) is 41.1 Å². The van der Waals surface area contributed by atoms with E-state index in [0.29, 0.717) is 13.0 Å². The minimum atomic E-state index is -0.544. The molecule has 0 aliphatic carbocycles. The van der Waals surface area contributed by atoms with Crippen LogP contribution in [-0.4, -0.2) is 11.5 Å². The fraction of sp³-hybridized carbons (Fsp3) is 0.312. The number of nitrogens with one attached hydrogen (secondary N) is 1. The molecule has 1 N–H and O–H groups in total. The van der Waals surface area contributed by atoms with Crippen molar-refractivity contribution in [3.8, 4) is 0 Å². The van der Waals surface area contributed by atoms with E-state index in [1.165, 1.54) is 12.1 Å². The summed E-state index contributed by atoms with van der Waals surface area (Å²) >= 11 is 3.12. The summed E-state index contributed by atoms with van der Waals surface area (Å²) in [6, 6.07) is 5.97. The normalized spacial score (nSPS) is 12.4. The standard InChI is InChI=1S/C16H17BrF2N2/c1-2-7-21-14(10-11-5-8-20-9-6-11)15-13(18)4-3-12(17)16(15)19/h3-6,8-9,14,21H,2,7,10H2,1H3. The van der Waals surface area contributed by atoms with Crippen LogP contribution in [0.1, 0.15) is 30.5 Å². The van der Waals surface area contributed by atoms with Gasteiger partial charge >= 0.3 is 0 Å². The first-order valence-electron chi connectivity index (χ1n) is 6.89. The minimum Gasteiger partial charge on any atom is -0.309 e. The SMILES string of the molecule is CCCNC(Cc1ccncc1)c1c(F)ccc(Br)c1F. The lowest BCUT2D eigenvalue weighted by molar-refractivity contribution is 0.462. The van der Waals surface area contributed by atoms with Crippen molar-refractivity contribution in [1.29, 1.82) is 0 Å². The average Bonchev–Trinajstić information content (AvgIpc) is 2.50. The van der Waals surface area contributed by atoms with E-state index in [9.17, 15) is 8.78 Å². The van der Waals surface area contributed by atoms with E-state index in [4.69, 9.17) is 0 Å². The molecule has 0 spiro atoms. The summed E-state index contributed by atoms with van der Waals surface area (Å²) in [4.78, 5) is 3.96. The Morgan fingerprint density at radius 3 is 2.57 bits per heavy atom. The fourth-order valence-corrected chi connectivity index (χ4v) is 2.56. The first-order valence-corrected chi connectivity index (χ1v) is 7.68. The Morgan fingerprint density at radius 1 is 1.19 bits per heavy atom. The summed E-state index contributed by atoms with van der Waals surface area (Å²) < 4.78 is 28.7. The highest BCUT2D eigenvalue weighted by molar-refractivity contribution is 9.10. The number of halogens is 3. The minimum absolute atomic E-state index is 0.0784. The van der Waals surface area contributed by atoms with Crippen molar-refractivity contribution in [2.24, 2.45) is 0 Å². The molecule has 1 heterocycles. The largest absolute Gasteiger partial charge is 0.309 e. The van der Waals surface area contributed by atoms with Gasteiger partial charge in [-0.15, -0.1) is 0 Å².